The summed E-state index contributed by atoms with van der Waals surface area (Å²) in [5, 5.41) is 24.0. The molecule has 0 aromatic heterocycles. The Balaban J connectivity index is 4.78. The van der Waals surface area contributed by atoms with Crippen LogP contribution in [-0.4, -0.2) is 70.5 Å². The van der Waals surface area contributed by atoms with Crippen molar-refractivity contribution in [3.05, 3.63) is 0 Å². The molecule has 9 N–H and O–H groups in total. The van der Waals surface area contributed by atoms with Crippen molar-refractivity contribution in [1.82, 2.24) is 16.0 Å². The molecule has 13 heteroatoms. The lowest BCUT2D eigenvalue weighted by atomic mass is 10.1. The summed E-state index contributed by atoms with van der Waals surface area (Å²) in [6.07, 6.45) is -1.31. The molecule has 0 aromatic rings. The van der Waals surface area contributed by atoms with E-state index in [4.69, 9.17) is 21.7 Å². The lowest BCUT2D eigenvalue weighted by Crippen LogP contribution is -2.53. The van der Waals surface area contributed by atoms with Crippen LogP contribution in [0.1, 0.15) is 26.2 Å². The summed E-state index contributed by atoms with van der Waals surface area (Å²) in [6, 6.07) is -3.76. The van der Waals surface area contributed by atoms with Gasteiger partial charge in [0, 0.05) is 6.42 Å². The molecule has 0 saturated heterocycles. The highest BCUT2D eigenvalue weighted by atomic mass is 16.4. The summed E-state index contributed by atoms with van der Waals surface area (Å²) >= 11 is 0. The zero-order valence-corrected chi connectivity index (χ0v) is 14.6. The topological polar surface area (TPSA) is 231 Å². The van der Waals surface area contributed by atoms with Gasteiger partial charge in [-0.3, -0.25) is 24.0 Å². The van der Waals surface area contributed by atoms with Gasteiger partial charge in [0.1, 0.15) is 12.1 Å². The number of carbonyl (C=O) groups is 6. The fourth-order valence-electron chi connectivity index (χ4n) is 1.78. The van der Waals surface area contributed by atoms with Crippen molar-refractivity contribution >= 4 is 35.6 Å². The number of hydrogen-bond acceptors (Lipinski definition) is 7. The molecule has 27 heavy (non-hydrogen) atoms. The maximum absolute atomic E-state index is 12.1. The molecule has 0 aromatic carbocycles. The Kier molecular flexibility index (Phi) is 10.0. The molecule has 0 aliphatic carbocycles. The minimum atomic E-state index is -1.56. The first-order chi connectivity index (χ1) is 12.4. The standard InChI is InChI=1S/C14H23N5O8/c1-6(15)12(24)19-7(2-3-11(22)23)13(25)17-5-10(21)18-8(14(26)27)4-9(16)20/h6-8H,2-5,15H2,1H3,(H2,16,20)(H,17,25)(H,18,21)(H,19,24)(H,22,23)(H,26,27). The maximum Gasteiger partial charge on any atom is 0.326 e. The van der Waals surface area contributed by atoms with E-state index in [1.54, 1.807) is 0 Å². The summed E-state index contributed by atoms with van der Waals surface area (Å²) < 4.78 is 0. The lowest BCUT2D eigenvalue weighted by Gasteiger charge is -2.19. The van der Waals surface area contributed by atoms with Crippen LogP contribution in [0, 0.1) is 0 Å². The van der Waals surface area contributed by atoms with Crippen molar-refractivity contribution in [2.75, 3.05) is 6.54 Å². The van der Waals surface area contributed by atoms with Gasteiger partial charge in [0.15, 0.2) is 0 Å². The van der Waals surface area contributed by atoms with Crippen molar-refractivity contribution in [1.29, 1.82) is 0 Å². The Morgan fingerprint density at radius 2 is 1.56 bits per heavy atom. The minimum Gasteiger partial charge on any atom is -0.481 e. The summed E-state index contributed by atoms with van der Waals surface area (Å²) in [4.78, 5) is 67.8. The van der Waals surface area contributed by atoms with Crippen LogP contribution in [0.5, 0.6) is 0 Å². The Morgan fingerprint density at radius 3 is 2.00 bits per heavy atom. The van der Waals surface area contributed by atoms with Gasteiger partial charge in [-0.1, -0.05) is 0 Å². The van der Waals surface area contributed by atoms with Crippen molar-refractivity contribution in [2.24, 2.45) is 11.5 Å². The van der Waals surface area contributed by atoms with Crippen molar-refractivity contribution < 1.29 is 39.0 Å². The molecular weight excluding hydrogens is 366 g/mol. The van der Waals surface area contributed by atoms with Gasteiger partial charge in [-0.15, -0.1) is 0 Å². The van der Waals surface area contributed by atoms with E-state index in [1.165, 1.54) is 6.92 Å². The Hall–Kier alpha value is -3.22. The summed E-state index contributed by atoms with van der Waals surface area (Å²) in [7, 11) is 0. The fourth-order valence-corrected chi connectivity index (χ4v) is 1.78. The van der Waals surface area contributed by atoms with Crippen molar-refractivity contribution in [2.45, 2.75) is 44.3 Å². The molecule has 3 atom stereocenters. The molecule has 3 unspecified atom stereocenters. The first-order valence-electron chi connectivity index (χ1n) is 7.80. The van der Waals surface area contributed by atoms with Crippen LogP contribution in [0.3, 0.4) is 0 Å². The molecule has 0 bridgehead atoms. The first kappa shape index (κ1) is 23.8. The maximum atomic E-state index is 12.1. The van der Waals surface area contributed by atoms with E-state index < -0.39 is 73.1 Å². The van der Waals surface area contributed by atoms with Crippen molar-refractivity contribution in [3.63, 3.8) is 0 Å². The molecule has 0 aliphatic rings. The predicted molar refractivity (Wildman–Crippen MR) is 88.8 cm³/mol. The van der Waals surface area contributed by atoms with Gasteiger partial charge >= 0.3 is 11.9 Å². The van der Waals surface area contributed by atoms with E-state index in [9.17, 15) is 28.8 Å². The monoisotopic (exact) mass is 389 g/mol. The fraction of sp³-hybridized carbons (Fsp3) is 0.571. The molecule has 0 saturated carbocycles. The summed E-state index contributed by atoms with van der Waals surface area (Å²) in [5.74, 6) is -6.11. The third-order valence-corrected chi connectivity index (χ3v) is 3.16. The SMILES string of the molecule is CC(N)C(=O)NC(CCC(=O)O)C(=O)NCC(=O)NC(CC(N)=O)C(=O)O. The van der Waals surface area contributed by atoms with Gasteiger partial charge in [0.05, 0.1) is 19.0 Å². The molecular formula is C14H23N5O8. The number of carbonyl (C=O) groups excluding carboxylic acids is 4. The second kappa shape index (κ2) is 11.4. The molecule has 4 amide bonds. The normalized spacial score (nSPS) is 13.6. The number of nitrogens with one attached hydrogen (secondary N) is 3. The molecule has 0 heterocycles. The first-order valence-corrected chi connectivity index (χ1v) is 7.80. The van der Waals surface area contributed by atoms with Crippen LogP contribution >= 0.6 is 0 Å². The van der Waals surface area contributed by atoms with Gasteiger partial charge in [0.2, 0.25) is 23.6 Å². The Morgan fingerprint density at radius 1 is 0.963 bits per heavy atom. The zero-order chi connectivity index (χ0) is 21.1. The third kappa shape index (κ3) is 10.4. The quantitative estimate of drug-likeness (QED) is 0.173. The molecule has 152 valence electrons. The molecule has 0 aliphatic heterocycles. The molecule has 0 radical (unpaired) electrons. The molecule has 0 rings (SSSR count). The van der Waals surface area contributed by atoms with Crippen LogP contribution < -0.4 is 27.4 Å². The number of rotatable bonds is 12. The highest BCUT2D eigenvalue weighted by Crippen LogP contribution is 1.99. The third-order valence-electron chi connectivity index (χ3n) is 3.16. The number of hydrogen-bond donors (Lipinski definition) is 7. The van der Waals surface area contributed by atoms with Crippen LogP contribution in [0.15, 0.2) is 0 Å². The van der Waals surface area contributed by atoms with Gasteiger partial charge in [0.25, 0.3) is 0 Å². The minimum absolute atomic E-state index is 0.249. The highest BCUT2D eigenvalue weighted by molar-refractivity contribution is 5.93. The Labute approximate surface area is 153 Å². The highest BCUT2D eigenvalue weighted by Gasteiger charge is 2.25. The number of carboxylic acid groups (broad SMARTS) is 2. The van der Waals surface area contributed by atoms with E-state index >= 15 is 0 Å². The largest absolute Gasteiger partial charge is 0.481 e. The molecule has 0 spiro atoms. The molecule has 0 fully saturated rings. The summed E-state index contributed by atoms with van der Waals surface area (Å²) in [6.45, 7) is 0.693. The van der Waals surface area contributed by atoms with Crippen LogP contribution in [-0.2, 0) is 28.8 Å². The van der Waals surface area contributed by atoms with E-state index in [0.717, 1.165) is 0 Å². The zero-order valence-electron chi connectivity index (χ0n) is 14.6. The number of nitrogens with two attached hydrogens (primary N) is 2. The van der Waals surface area contributed by atoms with Gasteiger partial charge in [-0.25, -0.2) is 4.79 Å². The predicted octanol–water partition coefficient (Wildman–Crippen LogP) is -3.76. The van der Waals surface area contributed by atoms with Gasteiger partial charge < -0.3 is 37.6 Å². The number of amides is 4. The Bertz CT molecular complexity index is 606. The van der Waals surface area contributed by atoms with Crippen LogP contribution in [0.2, 0.25) is 0 Å². The van der Waals surface area contributed by atoms with E-state index in [0.29, 0.717) is 0 Å². The van der Waals surface area contributed by atoms with Gasteiger partial charge in [-0.2, -0.15) is 0 Å². The number of aliphatic carboxylic acids is 2. The number of carboxylic acids is 2. The van der Waals surface area contributed by atoms with E-state index in [-0.39, 0.29) is 6.42 Å². The second-order valence-electron chi connectivity index (χ2n) is 5.63. The van der Waals surface area contributed by atoms with E-state index in [2.05, 4.69) is 10.6 Å². The van der Waals surface area contributed by atoms with Crippen molar-refractivity contribution in [3.8, 4) is 0 Å². The molecule has 13 nitrogen and oxygen atoms in total. The van der Waals surface area contributed by atoms with E-state index in [1.807, 2.05) is 5.32 Å². The smallest absolute Gasteiger partial charge is 0.326 e. The van der Waals surface area contributed by atoms with Crippen LogP contribution in [0.4, 0.5) is 0 Å². The van der Waals surface area contributed by atoms with Gasteiger partial charge in [-0.05, 0) is 13.3 Å². The summed E-state index contributed by atoms with van der Waals surface area (Å²) in [5.41, 5.74) is 10.2. The average Bonchev–Trinajstić information content (AvgIpc) is 2.54. The average molecular weight is 389 g/mol. The van der Waals surface area contributed by atoms with Crippen LogP contribution in [0.25, 0.3) is 0 Å². The lowest BCUT2D eigenvalue weighted by molar-refractivity contribution is -0.143. The second-order valence-corrected chi connectivity index (χ2v) is 5.63. The number of primary amides is 1.